The summed E-state index contributed by atoms with van der Waals surface area (Å²) >= 11 is 0. The molecule has 6 heteroatoms. The second-order valence-electron chi connectivity index (χ2n) is 3.28. The Morgan fingerprint density at radius 3 is 2.35 bits per heavy atom. The lowest BCUT2D eigenvalue weighted by molar-refractivity contribution is -0.141. The Morgan fingerprint density at radius 2 is 1.76 bits per heavy atom. The van der Waals surface area contributed by atoms with Gasteiger partial charge >= 0.3 is 6.18 Å². The Balaban J connectivity index is 2.43. The Labute approximate surface area is 94.0 Å². The third-order valence-electron chi connectivity index (χ3n) is 2.06. The van der Waals surface area contributed by atoms with E-state index in [0.717, 1.165) is 18.3 Å². The minimum atomic E-state index is -4.50. The van der Waals surface area contributed by atoms with Crippen molar-refractivity contribution in [1.29, 1.82) is 0 Å². The van der Waals surface area contributed by atoms with Crippen molar-refractivity contribution in [3.05, 3.63) is 48.2 Å². The molecule has 0 bridgehead atoms. The van der Waals surface area contributed by atoms with Gasteiger partial charge in [0.2, 0.25) is 5.95 Å². The first kappa shape index (κ1) is 11.5. The summed E-state index contributed by atoms with van der Waals surface area (Å²) in [5.41, 5.74) is -0.552. The molecule has 0 N–H and O–H groups in total. The van der Waals surface area contributed by atoms with E-state index in [1.54, 1.807) is 0 Å². The van der Waals surface area contributed by atoms with Gasteiger partial charge in [-0.25, -0.2) is 9.97 Å². The lowest BCUT2D eigenvalue weighted by Gasteiger charge is -2.07. The van der Waals surface area contributed by atoms with Gasteiger partial charge in [0.15, 0.2) is 0 Å². The van der Waals surface area contributed by atoms with Crippen LogP contribution in [0.2, 0.25) is 0 Å². The Kier molecular flexibility index (Phi) is 2.79. The van der Waals surface area contributed by atoms with Gasteiger partial charge in [0.05, 0.1) is 5.69 Å². The SMILES string of the molecule is Fc1ccc(-c2cccc(C(F)(F)F)n2)cn1. The van der Waals surface area contributed by atoms with E-state index in [-0.39, 0.29) is 5.69 Å². The van der Waals surface area contributed by atoms with E-state index in [4.69, 9.17) is 0 Å². The van der Waals surface area contributed by atoms with Gasteiger partial charge in [0, 0.05) is 11.8 Å². The summed E-state index contributed by atoms with van der Waals surface area (Å²) in [6.07, 6.45) is -3.36. The molecule has 0 aliphatic rings. The minimum absolute atomic E-state index is 0.104. The first-order chi connectivity index (χ1) is 7.97. The molecule has 2 aromatic heterocycles. The molecule has 2 rings (SSSR count). The molecule has 0 aliphatic heterocycles. The molecule has 2 heterocycles. The third kappa shape index (κ3) is 2.58. The maximum Gasteiger partial charge on any atom is 0.433 e. The number of halogens is 4. The van der Waals surface area contributed by atoms with Crippen molar-refractivity contribution in [2.75, 3.05) is 0 Å². The number of hydrogen-bond donors (Lipinski definition) is 0. The maximum absolute atomic E-state index is 12.6. The van der Waals surface area contributed by atoms with Crippen LogP contribution < -0.4 is 0 Å². The molecule has 0 unspecified atom stereocenters. The largest absolute Gasteiger partial charge is 0.433 e. The first-order valence-electron chi connectivity index (χ1n) is 4.63. The zero-order valence-electron chi connectivity index (χ0n) is 8.37. The van der Waals surface area contributed by atoms with Crippen LogP contribution in [0.3, 0.4) is 0 Å². The van der Waals surface area contributed by atoms with Gasteiger partial charge < -0.3 is 0 Å². The van der Waals surface area contributed by atoms with Crippen LogP contribution in [-0.4, -0.2) is 9.97 Å². The molecule has 0 saturated heterocycles. The smallest absolute Gasteiger partial charge is 0.243 e. The standard InChI is InChI=1S/C11H6F4N2/c12-10-5-4-7(6-16-10)8-2-1-3-9(17-8)11(13,14)15/h1-6H. The number of nitrogens with zero attached hydrogens (tertiary/aromatic N) is 2. The molecule has 2 nitrogen and oxygen atoms in total. The zero-order valence-corrected chi connectivity index (χ0v) is 8.37. The van der Waals surface area contributed by atoms with Gasteiger partial charge in [-0.3, -0.25) is 0 Å². The lowest BCUT2D eigenvalue weighted by Crippen LogP contribution is -2.08. The Hall–Kier alpha value is -1.98. The fourth-order valence-electron chi connectivity index (χ4n) is 1.28. The molecule has 0 fully saturated rings. The summed E-state index contributed by atoms with van der Waals surface area (Å²) in [5, 5.41) is 0. The van der Waals surface area contributed by atoms with Gasteiger partial charge in [0.1, 0.15) is 5.69 Å². The molecule has 0 spiro atoms. The molecule has 0 aliphatic carbocycles. The summed E-state index contributed by atoms with van der Waals surface area (Å²) in [4.78, 5) is 6.82. The van der Waals surface area contributed by atoms with Crippen LogP contribution in [0.4, 0.5) is 17.6 Å². The topological polar surface area (TPSA) is 25.8 Å². The molecule has 0 radical (unpaired) electrons. The first-order valence-corrected chi connectivity index (χ1v) is 4.63. The molecule has 0 saturated carbocycles. The normalized spacial score (nSPS) is 11.5. The van der Waals surface area contributed by atoms with Gasteiger partial charge in [-0.05, 0) is 24.3 Å². The third-order valence-corrected chi connectivity index (χ3v) is 2.06. The van der Waals surface area contributed by atoms with Crippen molar-refractivity contribution < 1.29 is 17.6 Å². The van der Waals surface area contributed by atoms with Crippen molar-refractivity contribution >= 4 is 0 Å². The van der Waals surface area contributed by atoms with Crippen molar-refractivity contribution in [2.45, 2.75) is 6.18 Å². The van der Waals surface area contributed by atoms with Gasteiger partial charge in [0.25, 0.3) is 0 Å². The van der Waals surface area contributed by atoms with Crippen molar-refractivity contribution in [3.8, 4) is 11.3 Å². The highest BCUT2D eigenvalue weighted by Crippen LogP contribution is 2.29. The summed E-state index contributed by atoms with van der Waals surface area (Å²) in [5.74, 6) is -0.694. The number of alkyl halides is 3. The minimum Gasteiger partial charge on any atom is -0.243 e. The highest BCUT2D eigenvalue weighted by atomic mass is 19.4. The van der Waals surface area contributed by atoms with Gasteiger partial charge in [-0.15, -0.1) is 0 Å². The summed E-state index contributed by atoms with van der Waals surface area (Å²) in [7, 11) is 0. The molecule has 0 amide bonds. The molecular formula is C11H6F4N2. The molecular weight excluding hydrogens is 236 g/mol. The van der Waals surface area contributed by atoms with Crippen LogP contribution in [0.15, 0.2) is 36.5 Å². The second-order valence-corrected chi connectivity index (χ2v) is 3.28. The highest BCUT2D eigenvalue weighted by molar-refractivity contribution is 5.57. The van der Waals surface area contributed by atoms with E-state index in [9.17, 15) is 17.6 Å². The van der Waals surface area contributed by atoms with Crippen LogP contribution in [0.25, 0.3) is 11.3 Å². The number of aromatic nitrogens is 2. The quantitative estimate of drug-likeness (QED) is 0.566. The van der Waals surface area contributed by atoms with Crippen LogP contribution in [0, 0.1) is 5.95 Å². The predicted octanol–water partition coefficient (Wildman–Crippen LogP) is 3.30. The van der Waals surface area contributed by atoms with E-state index in [1.165, 1.54) is 18.2 Å². The average Bonchev–Trinajstić information content (AvgIpc) is 2.29. The van der Waals surface area contributed by atoms with Crippen LogP contribution in [0.1, 0.15) is 5.69 Å². The van der Waals surface area contributed by atoms with E-state index < -0.39 is 17.8 Å². The van der Waals surface area contributed by atoms with E-state index in [0.29, 0.717) is 5.56 Å². The zero-order chi connectivity index (χ0) is 12.5. The van der Waals surface area contributed by atoms with E-state index >= 15 is 0 Å². The molecule has 2 aromatic rings. The predicted molar refractivity (Wildman–Crippen MR) is 52.4 cm³/mol. The molecule has 0 aromatic carbocycles. The van der Waals surface area contributed by atoms with Crippen molar-refractivity contribution in [3.63, 3.8) is 0 Å². The molecule has 0 atom stereocenters. The van der Waals surface area contributed by atoms with Crippen LogP contribution >= 0.6 is 0 Å². The van der Waals surface area contributed by atoms with Crippen LogP contribution in [-0.2, 0) is 6.18 Å². The molecule has 17 heavy (non-hydrogen) atoms. The highest BCUT2D eigenvalue weighted by Gasteiger charge is 2.32. The van der Waals surface area contributed by atoms with Gasteiger partial charge in [-0.2, -0.15) is 17.6 Å². The van der Waals surface area contributed by atoms with E-state index in [1.807, 2.05) is 0 Å². The lowest BCUT2D eigenvalue weighted by atomic mass is 10.2. The number of rotatable bonds is 1. The van der Waals surface area contributed by atoms with Crippen LogP contribution in [0.5, 0.6) is 0 Å². The molecule has 88 valence electrons. The summed E-state index contributed by atoms with van der Waals surface area (Å²) < 4.78 is 49.8. The summed E-state index contributed by atoms with van der Waals surface area (Å²) in [6.45, 7) is 0. The maximum atomic E-state index is 12.6. The van der Waals surface area contributed by atoms with Gasteiger partial charge in [-0.1, -0.05) is 6.07 Å². The second kappa shape index (κ2) is 4.12. The summed E-state index contributed by atoms with van der Waals surface area (Å²) in [6, 6.07) is 5.92. The van der Waals surface area contributed by atoms with Crippen molar-refractivity contribution in [2.24, 2.45) is 0 Å². The Bertz CT molecular complexity index is 520. The fraction of sp³-hybridized carbons (Fsp3) is 0.0909. The Morgan fingerprint density at radius 1 is 1.00 bits per heavy atom. The van der Waals surface area contributed by atoms with Crippen molar-refractivity contribution in [1.82, 2.24) is 9.97 Å². The number of pyridine rings is 2. The monoisotopic (exact) mass is 242 g/mol. The van der Waals surface area contributed by atoms with E-state index in [2.05, 4.69) is 9.97 Å². The fourth-order valence-corrected chi connectivity index (χ4v) is 1.28. The average molecular weight is 242 g/mol. The number of hydrogen-bond acceptors (Lipinski definition) is 2.